The van der Waals surface area contributed by atoms with Crippen molar-refractivity contribution in [3.8, 4) is 0 Å². The van der Waals surface area contributed by atoms with Crippen LogP contribution < -0.4 is 0 Å². The second-order valence-electron chi connectivity index (χ2n) is 4.73. The quantitative estimate of drug-likeness (QED) is 0.310. The van der Waals surface area contributed by atoms with Crippen molar-refractivity contribution in [1.82, 2.24) is 0 Å². The van der Waals surface area contributed by atoms with Crippen LogP contribution in [0.5, 0.6) is 0 Å². The van der Waals surface area contributed by atoms with Gasteiger partial charge in [0, 0.05) is 0 Å². The summed E-state index contributed by atoms with van der Waals surface area (Å²) in [6.07, 6.45) is 0. The van der Waals surface area contributed by atoms with E-state index in [4.69, 9.17) is 0 Å². The van der Waals surface area contributed by atoms with E-state index in [1.165, 1.54) is 16.7 Å². The van der Waals surface area contributed by atoms with Gasteiger partial charge in [-0.2, -0.15) is 108 Å². The fraction of sp³-hybridized carbons (Fsp3) is 0.143. The zero-order chi connectivity index (χ0) is 17.3. The summed E-state index contributed by atoms with van der Waals surface area (Å²) >= 11 is 4.75. The Balaban J connectivity index is 0.000000299. The Morgan fingerprint density at radius 3 is 0.783 bits per heavy atom. The van der Waals surface area contributed by atoms with Crippen molar-refractivity contribution in [2.75, 3.05) is 0 Å². The number of hydrogen-bond donors (Lipinski definition) is 0. The molecule has 0 aliphatic carbocycles. The van der Waals surface area contributed by atoms with Crippen LogP contribution in [-0.2, 0) is 18.3 Å². The first kappa shape index (κ1) is 21.9. The van der Waals surface area contributed by atoms with Crippen LogP contribution >= 0.6 is 13.2 Å². The minimum absolute atomic E-state index is 1.29. The summed E-state index contributed by atoms with van der Waals surface area (Å²) in [6, 6.07) is 32.4. The van der Waals surface area contributed by atoms with Gasteiger partial charge in [-0.25, -0.2) is 0 Å². The molecule has 0 bridgehead atoms. The van der Waals surface area contributed by atoms with Gasteiger partial charge in [0.1, 0.15) is 0 Å². The number of aryl methyl sites for hydroxylation is 3. The van der Waals surface area contributed by atoms with Crippen molar-refractivity contribution in [3.05, 3.63) is 108 Å². The van der Waals surface area contributed by atoms with Crippen molar-refractivity contribution in [1.29, 1.82) is 0 Å². The van der Waals surface area contributed by atoms with E-state index in [1.807, 2.05) is 91.1 Å². The van der Waals surface area contributed by atoms with Gasteiger partial charge in [0.05, 0.1) is 0 Å². The number of halogens is 1. The van der Waals surface area contributed by atoms with Crippen molar-refractivity contribution in [2.24, 2.45) is 0 Å². The van der Waals surface area contributed by atoms with E-state index in [-0.39, 0.29) is 0 Å². The summed E-state index contributed by atoms with van der Waals surface area (Å²) in [5, 5.41) is 0. The molecule has 0 heterocycles. The van der Waals surface area contributed by atoms with E-state index >= 15 is 0 Å². The maximum absolute atomic E-state index is 2.94. The van der Waals surface area contributed by atoms with Crippen LogP contribution in [0, 0.1) is 39.0 Å². The average molecular weight is 401 g/mol. The molecule has 0 radical (unpaired) electrons. The van der Waals surface area contributed by atoms with Crippen molar-refractivity contribution >= 4 is 13.2 Å². The fourth-order valence-electron chi connectivity index (χ4n) is 1.41. The summed E-state index contributed by atoms with van der Waals surface area (Å²) < 4.78 is 0. The van der Waals surface area contributed by atoms with E-state index in [9.17, 15) is 0 Å². The number of rotatable bonds is 0. The monoisotopic (exact) mass is 400 g/mol. The first-order chi connectivity index (χ1) is 11.2. The molecule has 0 aliphatic heterocycles. The Labute approximate surface area is 159 Å². The standard InChI is InChI=1S/3C7H7.BrH.Ti/c3*1-7-5-3-2-4-6-7;;/h3*3-6H,1H3;1H;/q3*-1;;+4/p-1. The predicted octanol–water partition coefficient (Wildman–Crippen LogP) is 6.23. The molecule has 3 rings (SSSR count). The van der Waals surface area contributed by atoms with Gasteiger partial charge >= 0.3 is 31.5 Å². The van der Waals surface area contributed by atoms with Crippen molar-refractivity contribution < 1.29 is 18.3 Å². The first-order valence-corrected chi connectivity index (χ1v) is 11.0. The predicted molar refractivity (Wildman–Crippen MR) is 99.0 cm³/mol. The molecule has 0 aromatic heterocycles. The van der Waals surface area contributed by atoms with Crippen LogP contribution in [-0.4, -0.2) is 0 Å². The summed E-state index contributed by atoms with van der Waals surface area (Å²) in [5.74, 6) is 0. The normalized spacial score (nSPS) is 8.26. The van der Waals surface area contributed by atoms with Gasteiger partial charge < -0.3 is 0 Å². The van der Waals surface area contributed by atoms with E-state index in [1.54, 1.807) is 0 Å². The Bertz CT molecular complexity index is 491. The third-order valence-corrected chi connectivity index (χ3v) is 2.65. The van der Waals surface area contributed by atoms with Crippen molar-refractivity contribution in [2.45, 2.75) is 20.8 Å². The topological polar surface area (TPSA) is 0 Å². The Kier molecular flexibility index (Phi) is 15.0. The van der Waals surface area contributed by atoms with Crippen LogP contribution in [0.25, 0.3) is 0 Å². The molecule has 0 atom stereocenters. The van der Waals surface area contributed by atoms with Gasteiger partial charge in [0.15, 0.2) is 0 Å². The third-order valence-electron chi connectivity index (χ3n) is 2.65. The maximum atomic E-state index is 2.94. The van der Waals surface area contributed by atoms with Gasteiger partial charge in [-0.1, -0.05) is 20.8 Å². The van der Waals surface area contributed by atoms with Gasteiger partial charge in [-0.05, 0) is 0 Å². The molecule has 0 N–H and O–H groups in total. The fourth-order valence-corrected chi connectivity index (χ4v) is 1.41. The zero-order valence-corrected chi connectivity index (χ0v) is 17.0. The molecule has 23 heavy (non-hydrogen) atoms. The van der Waals surface area contributed by atoms with E-state index in [0.29, 0.717) is 0 Å². The molecule has 0 amide bonds. The van der Waals surface area contributed by atoms with Crippen molar-refractivity contribution in [3.63, 3.8) is 0 Å². The van der Waals surface area contributed by atoms with Gasteiger partial charge in [0.2, 0.25) is 0 Å². The Hall–Kier alpha value is -1.15. The molecule has 0 unspecified atom stereocenters. The SMILES string of the molecule is Cc1cc[c-]cc1.Cc1cc[c-]cc1.Cc1cc[c-]cc1.[Ti+3][Br]. The number of hydrogen-bond acceptors (Lipinski definition) is 0. The molecule has 2 heteroatoms. The Morgan fingerprint density at radius 1 is 0.522 bits per heavy atom. The Morgan fingerprint density at radius 2 is 0.696 bits per heavy atom. The summed E-state index contributed by atoms with van der Waals surface area (Å²) in [5.41, 5.74) is 3.87. The number of benzene rings is 3. The molecule has 0 nitrogen and oxygen atoms in total. The summed E-state index contributed by atoms with van der Waals surface area (Å²) in [6.45, 7) is 6.19. The molecular weight excluding hydrogens is 380 g/mol. The molecule has 0 saturated heterocycles. The van der Waals surface area contributed by atoms with Crippen LogP contribution in [0.2, 0.25) is 0 Å². The second-order valence-corrected chi connectivity index (χ2v) is 4.73. The zero-order valence-electron chi connectivity index (χ0n) is 13.8. The molecule has 3 aromatic carbocycles. The van der Waals surface area contributed by atoms with E-state index < -0.39 is 0 Å². The molecule has 116 valence electrons. The molecule has 3 aromatic rings. The van der Waals surface area contributed by atoms with Crippen LogP contribution in [0.3, 0.4) is 0 Å². The van der Waals surface area contributed by atoms with Gasteiger partial charge in [-0.15, -0.1) is 0 Å². The molecule has 0 spiro atoms. The minimum atomic E-state index is 1.29. The average Bonchev–Trinajstić information content (AvgIpc) is 2.60. The van der Waals surface area contributed by atoms with E-state index in [0.717, 1.165) is 0 Å². The second kappa shape index (κ2) is 15.7. The molecule has 0 fully saturated rings. The van der Waals surface area contributed by atoms with Gasteiger partial charge in [-0.3, -0.25) is 0 Å². The molecule has 0 saturated carbocycles. The molecule has 0 aliphatic rings. The summed E-state index contributed by atoms with van der Waals surface area (Å²) in [4.78, 5) is 0. The van der Waals surface area contributed by atoms with Crippen LogP contribution in [0.15, 0.2) is 72.8 Å². The molecular formula is C21H21BrTi. The first-order valence-electron chi connectivity index (χ1n) is 7.15. The van der Waals surface area contributed by atoms with Crippen LogP contribution in [0.4, 0.5) is 0 Å². The van der Waals surface area contributed by atoms with Crippen LogP contribution in [0.1, 0.15) is 16.7 Å². The van der Waals surface area contributed by atoms with E-state index in [2.05, 4.69) is 52.1 Å². The van der Waals surface area contributed by atoms with Gasteiger partial charge in [0.25, 0.3) is 0 Å². The summed E-state index contributed by atoms with van der Waals surface area (Å²) in [7, 11) is 0. The third kappa shape index (κ3) is 14.2.